The molecule has 5 N–H and O–H groups in total. The lowest BCUT2D eigenvalue weighted by atomic mass is 10.1. The van der Waals surface area contributed by atoms with Gasteiger partial charge in [-0.1, -0.05) is 0 Å². The Bertz CT molecular complexity index is 524. The molecule has 2 amide bonds. The van der Waals surface area contributed by atoms with Crippen LogP contribution in [0, 0.1) is 0 Å². The predicted octanol–water partition coefficient (Wildman–Crippen LogP) is 0.790. The maximum atomic E-state index is 12.2. The average Bonchev–Trinajstić information content (AvgIpc) is 2.91. The summed E-state index contributed by atoms with van der Waals surface area (Å²) in [4.78, 5) is 25.4. The van der Waals surface area contributed by atoms with Crippen LogP contribution >= 0.6 is 0 Å². The number of likely N-dealkylation sites (tertiary alicyclic amines) is 1. The zero-order valence-corrected chi connectivity index (χ0v) is 11.6. The minimum absolute atomic E-state index is 0.0281. The van der Waals surface area contributed by atoms with Gasteiger partial charge < -0.3 is 21.7 Å². The van der Waals surface area contributed by atoms with Gasteiger partial charge in [-0.3, -0.25) is 9.59 Å². The minimum atomic E-state index is -0.548. The van der Waals surface area contributed by atoms with E-state index >= 15 is 0 Å². The van der Waals surface area contributed by atoms with Crippen LogP contribution in [0.25, 0.3) is 0 Å². The Morgan fingerprint density at radius 2 is 1.95 bits per heavy atom. The molecular weight excluding hydrogens is 256 g/mol. The molecule has 0 bridgehead atoms. The first-order valence-electron chi connectivity index (χ1n) is 6.73. The molecule has 1 aromatic carbocycles. The highest BCUT2D eigenvalue weighted by Gasteiger charge is 2.24. The number of hydrogen-bond acceptors (Lipinski definition) is 4. The Morgan fingerprint density at radius 1 is 1.30 bits per heavy atom. The van der Waals surface area contributed by atoms with Gasteiger partial charge >= 0.3 is 0 Å². The Hall–Kier alpha value is -2.24. The Kier molecular flexibility index (Phi) is 4.12. The van der Waals surface area contributed by atoms with Crippen LogP contribution in [-0.4, -0.2) is 35.8 Å². The molecule has 0 radical (unpaired) electrons. The number of nitrogens with two attached hydrogens (primary N) is 2. The summed E-state index contributed by atoms with van der Waals surface area (Å²) in [6, 6.07) is 4.37. The Labute approximate surface area is 118 Å². The van der Waals surface area contributed by atoms with Crippen LogP contribution in [0.4, 0.5) is 11.4 Å². The molecule has 1 fully saturated rings. The number of amides is 2. The molecular formula is C14H20N4O2. The van der Waals surface area contributed by atoms with E-state index < -0.39 is 11.9 Å². The summed E-state index contributed by atoms with van der Waals surface area (Å²) < 4.78 is 0. The SMILES string of the molecule is CC(Nc1cc(N)ccc1C(N)=O)C(=O)N1CCCC1. The first-order valence-corrected chi connectivity index (χ1v) is 6.73. The Balaban J connectivity index is 2.14. The summed E-state index contributed by atoms with van der Waals surface area (Å²) in [7, 11) is 0. The van der Waals surface area contributed by atoms with Crippen molar-refractivity contribution in [1.82, 2.24) is 4.90 Å². The third kappa shape index (κ3) is 3.01. The third-order valence-electron chi connectivity index (χ3n) is 3.47. The fourth-order valence-electron chi connectivity index (χ4n) is 2.40. The second-order valence-electron chi connectivity index (χ2n) is 5.07. The molecule has 1 aliphatic heterocycles. The molecule has 0 aromatic heterocycles. The second-order valence-corrected chi connectivity index (χ2v) is 5.07. The van der Waals surface area contributed by atoms with Crippen molar-refractivity contribution < 1.29 is 9.59 Å². The molecule has 1 aromatic rings. The highest BCUT2D eigenvalue weighted by molar-refractivity contribution is 6.00. The van der Waals surface area contributed by atoms with Crippen molar-refractivity contribution in [1.29, 1.82) is 0 Å². The molecule has 0 aliphatic carbocycles. The van der Waals surface area contributed by atoms with Gasteiger partial charge in [0.1, 0.15) is 6.04 Å². The van der Waals surface area contributed by atoms with Crippen molar-refractivity contribution >= 4 is 23.2 Å². The average molecular weight is 276 g/mol. The number of primary amides is 1. The molecule has 108 valence electrons. The smallest absolute Gasteiger partial charge is 0.250 e. The van der Waals surface area contributed by atoms with Crippen LogP contribution in [-0.2, 0) is 4.79 Å². The fraction of sp³-hybridized carbons (Fsp3) is 0.429. The number of carbonyl (C=O) groups is 2. The molecule has 1 heterocycles. The zero-order valence-electron chi connectivity index (χ0n) is 11.6. The topological polar surface area (TPSA) is 101 Å². The monoisotopic (exact) mass is 276 g/mol. The lowest BCUT2D eigenvalue weighted by Crippen LogP contribution is -2.40. The highest BCUT2D eigenvalue weighted by atomic mass is 16.2. The highest BCUT2D eigenvalue weighted by Crippen LogP contribution is 2.20. The summed E-state index contributed by atoms with van der Waals surface area (Å²) in [6.45, 7) is 3.36. The first kappa shape index (κ1) is 14.2. The molecule has 0 saturated carbocycles. The largest absolute Gasteiger partial charge is 0.399 e. The van der Waals surface area contributed by atoms with E-state index in [1.165, 1.54) is 0 Å². The van der Waals surface area contributed by atoms with Crippen molar-refractivity contribution in [2.75, 3.05) is 24.1 Å². The van der Waals surface area contributed by atoms with E-state index in [2.05, 4.69) is 5.32 Å². The van der Waals surface area contributed by atoms with Gasteiger partial charge in [-0.15, -0.1) is 0 Å². The quantitative estimate of drug-likeness (QED) is 0.708. The lowest BCUT2D eigenvalue weighted by Gasteiger charge is -2.22. The number of rotatable bonds is 4. The van der Waals surface area contributed by atoms with Crippen molar-refractivity contribution in [3.8, 4) is 0 Å². The second kappa shape index (κ2) is 5.81. The molecule has 1 aliphatic rings. The van der Waals surface area contributed by atoms with Crippen LogP contribution in [0.5, 0.6) is 0 Å². The van der Waals surface area contributed by atoms with E-state index in [0.717, 1.165) is 25.9 Å². The third-order valence-corrected chi connectivity index (χ3v) is 3.47. The van der Waals surface area contributed by atoms with Gasteiger partial charge in [0.25, 0.3) is 5.91 Å². The van der Waals surface area contributed by atoms with Gasteiger partial charge in [0, 0.05) is 24.5 Å². The van der Waals surface area contributed by atoms with Crippen LogP contribution in [0.15, 0.2) is 18.2 Å². The van der Waals surface area contributed by atoms with Gasteiger partial charge in [-0.05, 0) is 38.0 Å². The molecule has 1 saturated heterocycles. The number of nitrogen functional groups attached to an aromatic ring is 1. The van der Waals surface area contributed by atoms with Crippen LogP contribution in [0.1, 0.15) is 30.1 Å². The summed E-state index contributed by atoms with van der Waals surface area (Å²) in [6.07, 6.45) is 2.09. The standard InChI is InChI=1S/C14H20N4O2/c1-9(14(20)18-6-2-3-7-18)17-12-8-10(15)4-5-11(12)13(16)19/h4-5,8-9,17H,2-3,6-7,15H2,1H3,(H2,16,19). The van der Waals surface area contributed by atoms with Gasteiger partial charge in [0.2, 0.25) is 5.91 Å². The number of nitrogens with one attached hydrogen (secondary N) is 1. The minimum Gasteiger partial charge on any atom is -0.399 e. The number of hydrogen-bond donors (Lipinski definition) is 3. The summed E-state index contributed by atoms with van der Waals surface area (Å²) in [5.74, 6) is -0.520. The van der Waals surface area contributed by atoms with E-state index in [0.29, 0.717) is 16.9 Å². The molecule has 1 atom stereocenters. The van der Waals surface area contributed by atoms with Crippen molar-refractivity contribution in [3.05, 3.63) is 23.8 Å². The maximum absolute atomic E-state index is 12.2. The molecule has 20 heavy (non-hydrogen) atoms. The number of anilines is 2. The van der Waals surface area contributed by atoms with Crippen molar-refractivity contribution in [2.24, 2.45) is 5.73 Å². The fourth-order valence-corrected chi connectivity index (χ4v) is 2.40. The molecule has 2 rings (SSSR count). The normalized spacial score (nSPS) is 15.9. The number of nitrogens with zero attached hydrogens (tertiary/aromatic N) is 1. The molecule has 0 spiro atoms. The van der Waals surface area contributed by atoms with Gasteiger partial charge in [-0.2, -0.15) is 0 Å². The zero-order chi connectivity index (χ0) is 14.7. The van der Waals surface area contributed by atoms with E-state index in [1.54, 1.807) is 25.1 Å². The lowest BCUT2D eigenvalue weighted by molar-refractivity contribution is -0.130. The van der Waals surface area contributed by atoms with Gasteiger partial charge in [0.15, 0.2) is 0 Å². The Morgan fingerprint density at radius 3 is 2.55 bits per heavy atom. The van der Waals surface area contributed by atoms with E-state index in [4.69, 9.17) is 11.5 Å². The van der Waals surface area contributed by atoms with Crippen molar-refractivity contribution in [3.63, 3.8) is 0 Å². The molecule has 6 heteroatoms. The maximum Gasteiger partial charge on any atom is 0.250 e. The van der Waals surface area contributed by atoms with Crippen LogP contribution in [0.3, 0.4) is 0 Å². The summed E-state index contributed by atoms with van der Waals surface area (Å²) in [5.41, 5.74) is 12.4. The van der Waals surface area contributed by atoms with E-state index in [1.807, 2.05) is 4.90 Å². The number of benzene rings is 1. The van der Waals surface area contributed by atoms with E-state index in [-0.39, 0.29) is 5.91 Å². The summed E-state index contributed by atoms with van der Waals surface area (Å²) in [5, 5.41) is 3.04. The van der Waals surface area contributed by atoms with Crippen molar-refractivity contribution in [2.45, 2.75) is 25.8 Å². The molecule has 6 nitrogen and oxygen atoms in total. The molecule has 1 unspecified atom stereocenters. The first-order chi connectivity index (χ1) is 9.49. The van der Waals surface area contributed by atoms with E-state index in [9.17, 15) is 9.59 Å². The number of carbonyl (C=O) groups excluding carboxylic acids is 2. The summed E-state index contributed by atoms with van der Waals surface area (Å²) >= 11 is 0. The predicted molar refractivity (Wildman–Crippen MR) is 78.3 cm³/mol. The van der Waals surface area contributed by atoms with Crippen LogP contribution < -0.4 is 16.8 Å². The van der Waals surface area contributed by atoms with Gasteiger partial charge in [0.05, 0.1) is 5.56 Å². The van der Waals surface area contributed by atoms with Gasteiger partial charge in [-0.25, -0.2) is 0 Å². The van der Waals surface area contributed by atoms with Crippen LogP contribution in [0.2, 0.25) is 0 Å².